The topological polar surface area (TPSA) is 33.0 Å². The fraction of sp³-hybridized carbons (Fsp3) is 0.133. The molecule has 0 aliphatic rings. The summed E-state index contributed by atoms with van der Waals surface area (Å²) >= 11 is 3.35. The molecule has 0 aliphatic heterocycles. The second kappa shape index (κ2) is 5.70. The van der Waals surface area contributed by atoms with Gasteiger partial charge < -0.3 is 4.74 Å². The van der Waals surface area contributed by atoms with Crippen molar-refractivity contribution in [2.24, 2.45) is 0 Å². The van der Waals surface area contributed by atoms with Crippen molar-refractivity contribution in [3.8, 4) is 17.6 Å². The van der Waals surface area contributed by atoms with Crippen LogP contribution >= 0.6 is 15.9 Å². The second-order valence-electron chi connectivity index (χ2n) is 3.86. The van der Waals surface area contributed by atoms with Crippen LogP contribution in [0.2, 0.25) is 0 Å². The Kier molecular flexibility index (Phi) is 4.01. The Hall–Kier alpha value is -1.79. The third-order valence-corrected chi connectivity index (χ3v) is 3.26. The van der Waals surface area contributed by atoms with Gasteiger partial charge in [0, 0.05) is 4.47 Å². The minimum atomic E-state index is 0.602. The van der Waals surface area contributed by atoms with Crippen LogP contribution in [0.5, 0.6) is 11.5 Å². The number of aryl methyl sites for hydroxylation is 1. The van der Waals surface area contributed by atoms with Crippen molar-refractivity contribution in [3.05, 3.63) is 58.1 Å². The highest BCUT2D eigenvalue weighted by Gasteiger charge is 2.03. The number of halogens is 1. The predicted octanol–water partition coefficient (Wildman–Crippen LogP) is 4.68. The summed E-state index contributed by atoms with van der Waals surface area (Å²) in [6.07, 6.45) is 0.980. The molecule has 0 aromatic heterocycles. The average molecular weight is 302 g/mol. The van der Waals surface area contributed by atoms with Crippen LogP contribution in [0.3, 0.4) is 0 Å². The van der Waals surface area contributed by atoms with Gasteiger partial charge in [0.25, 0.3) is 0 Å². The molecule has 2 nitrogen and oxygen atoms in total. The predicted molar refractivity (Wildman–Crippen MR) is 74.8 cm³/mol. The summed E-state index contributed by atoms with van der Waals surface area (Å²) in [7, 11) is 0. The van der Waals surface area contributed by atoms with Gasteiger partial charge in [0.15, 0.2) is 0 Å². The first-order valence-corrected chi connectivity index (χ1v) is 6.48. The lowest BCUT2D eigenvalue weighted by molar-refractivity contribution is 0.481. The van der Waals surface area contributed by atoms with E-state index in [1.54, 1.807) is 18.2 Å². The molecule has 2 aromatic carbocycles. The van der Waals surface area contributed by atoms with Gasteiger partial charge in [0.2, 0.25) is 0 Å². The Morgan fingerprint density at radius 1 is 1.17 bits per heavy atom. The van der Waals surface area contributed by atoms with E-state index in [2.05, 4.69) is 35.0 Å². The number of nitriles is 1. The van der Waals surface area contributed by atoms with Crippen LogP contribution in [0.4, 0.5) is 0 Å². The van der Waals surface area contributed by atoms with Gasteiger partial charge in [-0.1, -0.05) is 19.1 Å². The number of benzene rings is 2. The van der Waals surface area contributed by atoms with E-state index in [4.69, 9.17) is 10.00 Å². The third kappa shape index (κ3) is 2.91. The van der Waals surface area contributed by atoms with E-state index in [-0.39, 0.29) is 0 Å². The Balaban J connectivity index is 2.23. The van der Waals surface area contributed by atoms with E-state index in [1.165, 1.54) is 5.56 Å². The lowest BCUT2D eigenvalue weighted by Gasteiger charge is -2.07. The van der Waals surface area contributed by atoms with Crippen LogP contribution in [0.1, 0.15) is 18.1 Å². The number of rotatable bonds is 3. The molecule has 0 atom stereocenters. The molecule has 90 valence electrons. The van der Waals surface area contributed by atoms with Crippen molar-refractivity contribution in [1.82, 2.24) is 0 Å². The summed E-state index contributed by atoms with van der Waals surface area (Å²) in [6, 6.07) is 15.4. The van der Waals surface area contributed by atoms with E-state index in [1.807, 2.05) is 18.2 Å². The maximum atomic E-state index is 8.85. The Morgan fingerprint density at radius 3 is 2.61 bits per heavy atom. The zero-order valence-electron chi connectivity index (χ0n) is 9.98. The molecule has 0 heterocycles. The molecule has 3 heteroatoms. The fourth-order valence-electron chi connectivity index (χ4n) is 1.61. The Bertz CT molecular complexity index is 602. The van der Waals surface area contributed by atoms with E-state index in [9.17, 15) is 0 Å². The summed E-state index contributed by atoms with van der Waals surface area (Å²) < 4.78 is 6.51. The summed E-state index contributed by atoms with van der Waals surface area (Å²) in [5, 5.41) is 8.85. The van der Waals surface area contributed by atoms with Gasteiger partial charge >= 0.3 is 0 Å². The van der Waals surface area contributed by atoms with Crippen LogP contribution in [0.25, 0.3) is 0 Å². The maximum Gasteiger partial charge on any atom is 0.128 e. The van der Waals surface area contributed by atoms with Crippen LogP contribution < -0.4 is 4.74 Å². The van der Waals surface area contributed by atoms with Crippen LogP contribution in [0, 0.1) is 11.3 Å². The molecule has 0 spiro atoms. The van der Waals surface area contributed by atoms with E-state index in [0.29, 0.717) is 11.3 Å². The largest absolute Gasteiger partial charge is 0.457 e. The minimum absolute atomic E-state index is 0.602. The lowest BCUT2D eigenvalue weighted by atomic mass is 10.2. The number of hydrogen-bond donors (Lipinski definition) is 0. The normalized spacial score (nSPS) is 9.83. The molecule has 0 amide bonds. The van der Waals surface area contributed by atoms with Gasteiger partial charge in [0.1, 0.15) is 17.6 Å². The van der Waals surface area contributed by atoms with Crippen molar-refractivity contribution in [2.45, 2.75) is 13.3 Å². The maximum absolute atomic E-state index is 8.85. The van der Waals surface area contributed by atoms with E-state index >= 15 is 0 Å². The smallest absolute Gasteiger partial charge is 0.128 e. The van der Waals surface area contributed by atoms with Crippen LogP contribution in [-0.2, 0) is 6.42 Å². The molecular weight excluding hydrogens is 290 g/mol. The monoisotopic (exact) mass is 301 g/mol. The first kappa shape index (κ1) is 12.7. The SMILES string of the molecule is CCc1cccc(Oc2ccc(C#N)c(Br)c2)c1. The molecule has 18 heavy (non-hydrogen) atoms. The standard InChI is InChI=1S/C15H12BrNO/c1-2-11-4-3-5-13(8-11)18-14-7-6-12(10-17)15(16)9-14/h3-9H,2H2,1H3. The Morgan fingerprint density at radius 2 is 1.94 bits per heavy atom. The van der Waals surface area contributed by atoms with Gasteiger partial charge in [0.05, 0.1) is 5.56 Å². The highest BCUT2D eigenvalue weighted by atomic mass is 79.9. The minimum Gasteiger partial charge on any atom is -0.457 e. The average Bonchev–Trinajstić information content (AvgIpc) is 2.39. The molecule has 2 aromatic rings. The van der Waals surface area contributed by atoms with Gasteiger partial charge in [-0.15, -0.1) is 0 Å². The van der Waals surface area contributed by atoms with Crippen molar-refractivity contribution >= 4 is 15.9 Å². The van der Waals surface area contributed by atoms with Crippen LogP contribution in [0.15, 0.2) is 46.9 Å². The molecule has 0 radical (unpaired) electrons. The molecule has 0 bridgehead atoms. The second-order valence-corrected chi connectivity index (χ2v) is 4.71. The number of hydrogen-bond acceptors (Lipinski definition) is 2. The van der Waals surface area contributed by atoms with Gasteiger partial charge in [-0.25, -0.2) is 0 Å². The number of nitrogens with zero attached hydrogens (tertiary/aromatic N) is 1. The third-order valence-electron chi connectivity index (χ3n) is 2.60. The van der Waals surface area contributed by atoms with Crippen LogP contribution in [-0.4, -0.2) is 0 Å². The number of ether oxygens (including phenoxy) is 1. The van der Waals surface area contributed by atoms with Crippen molar-refractivity contribution in [1.29, 1.82) is 5.26 Å². The summed E-state index contributed by atoms with van der Waals surface area (Å²) in [5.74, 6) is 1.53. The van der Waals surface area contributed by atoms with Gasteiger partial charge in [-0.2, -0.15) is 5.26 Å². The quantitative estimate of drug-likeness (QED) is 0.825. The van der Waals surface area contributed by atoms with Gasteiger partial charge in [-0.3, -0.25) is 0 Å². The molecule has 0 fully saturated rings. The fourth-order valence-corrected chi connectivity index (χ4v) is 2.06. The molecule has 0 saturated heterocycles. The Labute approximate surface area is 115 Å². The van der Waals surface area contributed by atoms with E-state index in [0.717, 1.165) is 16.6 Å². The lowest BCUT2D eigenvalue weighted by Crippen LogP contribution is -1.87. The molecule has 2 rings (SSSR count). The zero-order valence-corrected chi connectivity index (χ0v) is 11.6. The van der Waals surface area contributed by atoms with Gasteiger partial charge in [-0.05, 0) is 58.2 Å². The zero-order chi connectivity index (χ0) is 13.0. The first-order valence-electron chi connectivity index (χ1n) is 5.69. The summed E-state index contributed by atoms with van der Waals surface area (Å²) in [6.45, 7) is 2.11. The molecule has 0 unspecified atom stereocenters. The highest BCUT2D eigenvalue weighted by Crippen LogP contribution is 2.27. The highest BCUT2D eigenvalue weighted by molar-refractivity contribution is 9.10. The molecule has 0 aliphatic carbocycles. The van der Waals surface area contributed by atoms with Crippen molar-refractivity contribution < 1.29 is 4.74 Å². The van der Waals surface area contributed by atoms with Crippen molar-refractivity contribution in [3.63, 3.8) is 0 Å². The molecule has 0 N–H and O–H groups in total. The van der Waals surface area contributed by atoms with E-state index < -0.39 is 0 Å². The molecular formula is C15H12BrNO. The summed E-state index contributed by atoms with van der Waals surface area (Å²) in [4.78, 5) is 0. The summed E-state index contributed by atoms with van der Waals surface area (Å²) in [5.41, 5.74) is 1.84. The first-order chi connectivity index (χ1) is 8.72. The molecule has 0 saturated carbocycles. The van der Waals surface area contributed by atoms with Crippen molar-refractivity contribution in [2.75, 3.05) is 0 Å².